The molecule has 0 saturated carbocycles. The van der Waals surface area contributed by atoms with Crippen molar-refractivity contribution in [3.05, 3.63) is 34.1 Å². The molecule has 0 bridgehead atoms. The molecule has 0 unspecified atom stereocenters. The minimum atomic E-state index is -0.450. The van der Waals surface area contributed by atoms with Crippen LogP contribution in [-0.4, -0.2) is 27.1 Å². The van der Waals surface area contributed by atoms with Crippen LogP contribution in [-0.2, 0) is 34.0 Å². The molecule has 0 aliphatic carbocycles. The van der Waals surface area contributed by atoms with Crippen molar-refractivity contribution < 1.29 is 23.4 Å². The third-order valence-corrected chi connectivity index (χ3v) is 2.76. The average molecular weight is 270 g/mol. The Hall–Kier alpha value is -1.30. The van der Waals surface area contributed by atoms with Gasteiger partial charge in [0, 0.05) is 38.0 Å². The molecule has 0 radical (unpaired) electrons. The van der Waals surface area contributed by atoms with E-state index in [0.717, 1.165) is 0 Å². The van der Waals surface area contributed by atoms with Crippen LogP contribution >= 0.6 is 0 Å². The fraction of sp³-hybridized carbons (Fsp3) is 0.500. The summed E-state index contributed by atoms with van der Waals surface area (Å²) in [7, 11) is 4.48. The van der Waals surface area contributed by atoms with Gasteiger partial charge in [-0.2, -0.15) is 0 Å². The molecule has 0 atom stereocenters. The standard InChI is InChI=1S/C14H19FO4/c1-9(16)13-10(6-17-2)5-11(7-18-3)14(15)12(13)8-19-4/h5H,6-8H2,1-4H3. The summed E-state index contributed by atoms with van der Waals surface area (Å²) in [4.78, 5) is 11.7. The summed E-state index contributed by atoms with van der Waals surface area (Å²) in [6, 6.07) is 1.61. The predicted molar refractivity (Wildman–Crippen MR) is 68.5 cm³/mol. The summed E-state index contributed by atoms with van der Waals surface area (Å²) in [5.41, 5.74) is 1.64. The quantitative estimate of drug-likeness (QED) is 0.714. The van der Waals surface area contributed by atoms with E-state index in [1.165, 1.54) is 28.3 Å². The molecular formula is C14H19FO4. The molecule has 0 spiro atoms. The van der Waals surface area contributed by atoms with Gasteiger partial charge in [0.2, 0.25) is 0 Å². The summed E-state index contributed by atoms with van der Waals surface area (Å²) in [6.07, 6.45) is 0. The van der Waals surface area contributed by atoms with Crippen molar-refractivity contribution in [1.82, 2.24) is 0 Å². The predicted octanol–water partition coefficient (Wildman–Crippen LogP) is 2.47. The molecule has 106 valence electrons. The highest BCUT2D eigenvalue weighted by Crippen LogP contribution is 2.25. The third kappa shape index (κ3) is 3.59. The van der Waals surface area contributed by atoms with Gasteiger partial charge in [-0.25, -0.2) is 4.39 Å². The Balaban J connectivity index is 3.47. The van der Waals surface area contributed by atoms with Gasteiger partial charge in [-0.3, -0.25) is 4.79 Å². The van der Waals surface area contributed by atoms with Crippen LogP contribution in [0.25, 0.3) is 0 Å². The molecule has 0 saturated heterocycles. The van der Waals surface area contributed by atoms with Gasteiger partial charge in [0.1, 0.15) is 5.82 Å². The van der Waals surface area contributed by atoms with Gasteiger partial charge >= 0.3 is 0 Å². The number of hydrogen-bond donors (Lipinski definition) is 0. The first-order valence-corrected chi connectivity index (χ1v) is 5.87. The number of ketones is 1. The molecule has 0 heterocycles. The van der Waals surface area contributed by atoms with Crippen LogP contribution in [0.5, 0.6) is 0 Å². The first kappa shape index (κ1) is 15.8. The minimum absolute atomic E-state index is 0.0367. The van der Waals surface area contributed by atoms with Crippen LogP contribution in [0.1, 0.15) is 34.0 Å². The van der Waals surface area contributed by atoms with Gasteiger partial charge in [-0.15, -0.1) is 0 Å². The Morgan fingerprint density at radius 2 is 1.58 bits per heavy atom. The van der Waals surface area contributed by atoms with Crippen LogP contribution in [0.15, 0.2) is 6.07 Å². The van der Waals surface area contributed by atoms with Crippen molar-refractivity contribution >= 4 is 5.78 Å². The molecule has 0 aliphatic heterocycles. The van der Waals surface area contributed by atoms with Crippen LogP contribution in [0.2, 0.25) is 0 Å². The number of carbonyl (C=O) groups excluding carboxylic acids is 1. The number of Topliss-reactive ketones (excluding diaryl/α,β-unsaturated/α-hetero) is 1. The molecule has 5 heteroatoms. The van der Waals surface area contributed by atoms with Crippen molar-refractivity contribution in [2.75, 3.05) is 21.3 Å². The average Bonchev–Trinajstić information content (AvgIpc) is 2.35. The normalized spacial score (nSPS) is 10.8. The Morgan fingerprint density at radius 3 is 2.05 bits per heavy atom. The number of benzene rings is 1. The number of carbonyl (C=O) groups is 1. The Kier molecular flexibility index (Phi) is 6.08. The van der Waals surface area contributed by atoms with E-state index in [2.05, 4.69) is 0 Å². The summed E-state index contributed by atoms with van der Waals surface area (Å²) in [5, 5.41) is 0. The second kappa shape index (κ2) is 7.33. The Labute approximate surface area is 112 Å². The Bertz CT molecular complexity index is 457. The second-order valence-corrected chi connectivity index (χ2v) is 4.22. The summed E-state index contributed by atoms with van der Waals surface area (Å²) in [5.74, 6) is -0.657. The van der Waals surface area contributed by atoms with Crippen LogP contribution < -0.4 is 0 Å². The first-order valence-electron chi connectivity index (χ1n) is 5.87. The third-order valence-electron chi connectivity index (χ3n) is 2.76. The molecule has 1 rings (SSSR count). The molecule has 1 aromatic rings. The smallest absolute Gasteiger partial charge is 0.160 e. The molecule has 0 amide bonds. The number of rotatable bonds is 7. The maximum absolute atomic E-state index is 14.3. The molecule has 0 aromatic heterocycles. The SMILES string of the molecule is COCc1cc(COC)c(C(C)=O)c(COC)c1F. The van der Waals surface area contributed by atoms with E-state index in [9.17, 15) is 9.18 Å². The second-order valence-electron chi connectivity index (χ2n) is 4.22. The van der Waals surface area contributed by atoms with E-state index >= 15 is 0 Å². The van der Waals surface area contributed by atoms with E-state index in [1.54, 1.807) is 6.07 Å². The highest BCUT2D eigenvalue weighted by Gasteiger charge is 2.20. The molecule has 0 N–H and O–H groups in total. The van der Waals surface area contributed by atoms with Gasteiger partial charge in [0.15, 0.2) is 5.78 Å². The van der Waals surface area contributed by atoms with Crippen molar-refractivity contribution in [2.24, 2.45) is 0 Å². The van der Waals surface area contributed by atoms with Crippen molar-refractivity contribution in [2.45, 2.75) is 26.7 Å². The van der Waals surface area contributed by atoms with E-state index in [0.29, 0.717) is 16.7 Å². The molecule has 19 heavy (non-hydrogen) atoms. The van der Waals surface area contributed by atoms with Crippen LogP contribution in [0.4, 0.5) is 4.39 Å². The number of methoxy groups -OCH3 is 3. The van der Waals surface area contributed by atoms with E-state index in [1.807, 2.05) is 0 Å². The summed E-state index contributed by atoms with van der Waals surface area (Å²) >= 11 is 0. The molecule has 4 nitrogen and oxygen atoms in total. The highest BCUT2D eigenvalue weighted by molar-refractivity contribution is 5.97. The van der Waals surface area contributed by atoms with Crippen LogP contribution in [0.3, 0.4) is 0 Å². The van der Waals surface area contributed by atoms with E-state index < -0.39 is 5.82 Å². The van der Waals surface area contributed by atoms with Gasteiger partial charge in [0.05, 0.1) is 19.8 Å². The van der Waals surface area contributed by atoms with Crippen molar-refractivity contribution in [3.63, 3.8) is 0 Å². The lowest BCUT2D eigenvalue weighted by molar-refractivity contribution is 0.100. The fourth-order valence-electron chi connectivity index (χ4n) is 2.09. The van der Waals surface area contributed by atoms with Gasteiger partial charge in [-0.05, 0) is 18.6 Å². The topological polar surface area (TPSA) is 44.8 Å². The van der Waals surface area contributed by atoms with Crippen LogP contribution in [0, 0.1) is 5.82 Å². The molecule has 0 fully saturated rings. The van der Waals surface area contributed by atoms with Gasteiger partial charge in [-0.1, -0.05) is 0 Å². The van der Waals surface area contributed by atoms with Gasteiger partial charge in [0.25, 0.3) is 0 Å². The van der Waals surface area contributed by atoms with Crippen molar-refractivity contribution in [1.29, 1.82) is 0 Å². The lowest BCUT2D eigenvalue weighted by atomic mass is 9.95. The number of hydrogen-bond acceptors (Lipinski definition) is 4. The van der Waals surface area contributed by atoms with E-state index in [4.69, 9.17) is 14.2 Å². The van der Waals surface area contributed by atoms with Crippen molar-refractivity contribution in [3.8, 4) is 0 Å². The largest absolute Gasteiger partial charge is 0.380 e. The maximum atomic E-state index is 14.3. The fourth-order valence-corrected chi connectivity index (χ4v) is 2.09. The highest BCUT2D eigenvalue weighted by atomic mass is 19.1. The first-order chi connectivity index (χ1) is 9.06. The summed E-state index contributed by atoms with van der Waals surface area (Å²) < 4.78 is 29.4. The zero-order valence-corrected chi connectivity index (χ0v) is 11.7. The lowest BCUT2D eigenvalue weighted by Gasteiger charge is -2.16. The van der Waals surface area contributed by atoms with Gasteiger partial charge < -0.3 is 14.2 Å². The molecular weight excluding hydrogens is 251 g/mol. The van der Waals surface area contributed by atoms with E-state index in [-0.39, 0.29) is 31.2 Å². The number of ether oxygens (including phenoxy) is 3. The maximum Gasteiger partial charge on any atom is 0.160 e. The zero-order chi connectivity index (χ0) is 14.4. The minimum Gasteiger partial charge on any atom is -0.380 e. The summed E-state index contributed by atoms with van der Waals surface area (Å²) in [6.45, 7) is 1.82. The zero-order valence-electron chi connectivity index (χ0n) is 11.7. The monoisotopic (exact) mass is 270 g/mol. The molecule has 1 aromatic carbocycles. The lowest BCUT2D eigenvalue weighted by Crippen LogP contribution is -2.12. The molecule has 0 aliphatic rings. The number of halogens is 1. The Morgan fingerprint density at radius 1 is 1.05 bits per heavy atom.